The molecule has 1 fully saturated rings. The van der Waals surface area contributed by atoms with Crippen molar-refractivity contribution in [3.8, 4) is 11.4 Å². The number of amides is 1. The van der Waals surface area contributed by atoms with Crippen molar-refractivity contribution in [1.29, 1.82) is 0 Å². The lowest BCUT2D eigenvalue weighted by molar-refractivity contribution is -0.142. The number of hydrogen-bond donors (Lipinski definition) is 1. The summed E-state index contributed by atoms with van der Waals surface area (Å²) in [5.41, 5.74) is 3.67. The first-order valence-corrected chi connectivity index (χ1v) is 8.24. The molecule has 0 aliphatic carbocycles. The fraction of sp³-hybridized carbons (Fsp3) is 0.263. The Labute approximate surface area is 145 Å². The first-order valence-electron chi connectivity index (χ1n) is 8.24. The maximum Gasteiger partial charge on any atom is 0.255 e. The van der Waals surface area contributed by atoms with E-state index in [2.05, 4.69) is 5.32 Å². The van der Waals surface area contributed by atoms with Crippen LogP contribution in [0.2, 0.25) is 0 Å². The summed E-state index contributed by atoms with van der Waals surface area (Å²) >= 11 is 0. The standard InChI is InChI=1S/C19H19N3O3/c1-22-16-8-3-2-7-15(16)21-18(22)13-5-4-6-14(11-13)20-19(23)17-12-24-9-10-25-17/h2-8,11,17H,9-10,12H2,1H3,(H,20,23). The van der Waals surface area contributed by atoms with Gasteiger partial charge in [0, 0.05) is 18.3 Å². The van der Waals surface area contributed by atoms with Crippen molar-refractivity contribution in [3.63, 3.8) is 0 Å². The number of carbonyl (C=O) groups excluding carboxylic acids is 1. The smallest absolute Gasteiger partial charge is 0.255 e. The van der Waals surface area contributed by atoms with Gasteiger partial charge in [0.05, 0.1) is 30.9 Å². The highest BCUT2D eigenvalue weighted by molar-refractivity contribution is 5.95. The number of para-hydroxylation sites is 2. The number of nitrogens with one attached hydrogen (secondary N) is 1. The molecule has 1 atom stereocenters. The highest BCUT2D eigenvalue weighted by Gasteiger charge is 2.22. The first kappa shape index (κ1) is 15.8. The van der Waals surface area contributed by atoms with Crippen molar-refractivity contribution >= 4 is 22.6 Å². The second kappa shape index (κ2) is 6.66. The van der Waals surface area contributed by atoms with Crippen molar-refractivity contribution in [1.82, 2.24) is 9.55 Å². The largest absolute Gasteiger partial charge is 0.376 e. The Hall–Kier alpha value is -2.70. The summed E-state index contributed by atoms with van der Waals surface area (Å²) in [7, 11) is 1.99. The SMILES string of the molecule is Cn1c(-c2cccc(NC(=O)C3COCCO3)c2)nc2ccccc21. The number of benzene rings is 2. The third kappa shape index (κ3) is 3.14. The van der Waals surface area contributed by atoms with E-state index in [1.54, 1.807) is 0 Å². The average Bonchev–Trinajstić information content (AvgIpc) is 3.00. The molecular formula is C19H19N3O3. The topological polar surface area (TPSA) is 65.4 Å². The van der Waals surface area contributed by atoms with Crippen LogP contribution in [0, 0.1) is 0 Å². The third-order valence-electron chi connectivity index (χ3n) is 4.28. The Balaban J connectivity index is 1.60. The van der Waals surface area contributed by atoms with Crippen LogP contribution in [0.1, 0.15) is 0 Å². The predicted molar refractivity (Wildman–Crippen MR) is 95.3 cm³/mol. The fourth-order valence-electron chi connectivity index (χ4n) is 3.00. The number of ether oxygens (including phenoxy) is 2. The van der Waals surface area contributed by atoms with Crippen molar-refractivity contribution in [2.24, 2.45) is 7.05 Å². The molecule has 4 rings (SSSR count). The van der Waals surface area contributed by atoms with Gasteiger partial charge in [-0.25, -0.2) is 4.98 Å². The second-order valence-electron chi connectivity index (χ2n) is 5.99. The summed E-state index contributed by atoms with van der Waals surface area (Å²) in [6, 6.07) is 15.7. The zero-order valence-electron chi connectivity index (χ0n) is 13.9. The third-order valence-corrected chi connectivity index (χ3v) is 4.28. The molecule has 2 aromatic carbocycles. The number of hydrogen-bond acceptors (Lipinski definition) is 4. The van der Waals surface area contributed by atoms with Crippen LogP contribution in [-0.2, 0) is 21.3 Å². The number of nitrogens with zero attached hydrogens (tertiary/aromatic N) is 2. The number of carbonyl (C=O) groups is 1. The molecular weight excluding hydrogens is 318 g/mol. The number of imidazole rings is 1. The summed E-state index contributed by atoms with van der Waals surface area (Å²) in [4.78, 5) is 17.0. The van der Waals surface area contributed by atoms with Crippen molar-refractivity contribution in [3.05, 3.63) is 48.5 Å². The highest BCUT2D eigenvalue weighted by atomic mass is 16.6. The number of fused-ring (bicyclic) bond motifs is 1. The molecule has 128 valence electrons. The van der Waals surface area contributed by atoms with Crippen LogP contribution in [0.5, 0.6) is 0 Å². The van der Waals surface area contributed by atoms with Gasteiger partial charge in [-0.2, -0.15) is 0 Å². The molecule has 1 aromatic heterocycles. The summed E-state index contributed by atoms with van der Waals surface area (Å²) in [5, 5.41) is 2.89. The van der Waals surface area contributed by atoms with E-state index in [1.807, 2.05) is 60.1 Å². The normalized spacial score (nSPS) is 17.6. The first-order chi connectivity index (χ1) is 12.2. The van der Waals surface area contributed by atoms with E-state index in [0.29, 0.717) is 18.9 Å². The van der Waals surface area contributed by atoms with Crippen LogP contribution >= 0.6 is 0 Å². The van der Waals surface area contributed by atoms with Gasteiger partial charge >= 0.3 is 0 Å². The number of aromatic nitrogens is 2. The Kier molecular flexibility index (Phi) is 4.21. The van der Waals surface area contributed by atoms with Gasteiger partial charge < -0.3 is 19.4 Å². The van der Waals surface area contributed by atoms with Gasteiger partial charge in [-0.15, -0.1) is 0 Å². The van der Waals surface area contributed by atoms with Gasteiger partial charge in [0.25, 0.3) is 5.91 Å². The van der Waals surface area contributed by atoms with E-state index in [-0.39, 0.29) is 12.5 Å². The number of rotatable bonds is 3. The van der Waals surface area contributed by atoms with Crippen molar-refractivity contribution in [2.75, 3.05) is 25.1 Å². The molecule has 1 aliphatic heterocycles. The molecule has 0 saturated carbocycles. The molecule has 1 saturated heterocycles. The lowest BCUT2D eigenvalue weighted by atomic mass is 10.2. The molecule has 1 aliphatic rings. The molecule has 0 spiro atoms. The Morgan fingerprint density at radius 2 is 2.08 bits per heavy atom. The van der Waals surface area contributed by atoms with Crippen molar-refractivity contribution in [2.45, 2.75) is 6.10 Å². The van der Waals surface area contributed by atoms with Crippen LogP contribution < -0.4 is 5.32 Å². The molecule has 6 heteroatoms. The summed E-state index contributed by atoms with van der Waals surface area (Å²) in [6.45, 7) is 1.26. The average molecular weight is 337 g/mol. The van der Waals surface area contributed by atoms with Gasteiger partial charge in [0.15, 0.2) is 6.10 Å². The molecule has 1 amide bonds. The van der Waals surface area contributed by atoms with Gasteiger partial charge in [-0.05, 0) is 24.3 Å². The minimum atomic E-state index is -0.562. The molecule has 0 bridgehead atoms. The Morgan fingerprint density at radius 1 is 1.20 bits per heavy atom. The lowest BCUT2D eigenvalue weighted by Gasteiger charge is -2.22. The fourth-order valence-corrected chi connectivity index (χ4v) is 3.00. The zero-order valence-corrected chi connectivity index (χ0v) is 13.9. The monoisotopic (exact) mass is 337 g/mol. The molecule has 1 unspecified atom stereocenters. The maximum absolute atomic E-state index is 12.3. The van der Waals surface area contributed by atoms with Crippen LogP contribution in [-0.4, -0.2) is 41.4 Å². The van der Waals surface area contributed by atoms with Gasteiger partial charge in [-0.3, -0.25) is 4.79 Å². The summed E-state index contributed by atoms with van der Waals surface area (Å²) < 4.78 is 12.8. The van der Waals surface area contributed by atoms with Crippen LogP contribution in [0.25, 0.3) is 22.4 Å². The van der Waals surface area contributed by atoms with Gasteiger partial charge in [0.1, 0.15) is 5.82 Å². The highest BCUT2D eigenvalue weighted by Crippen LogP contribution is 2.25. The Morgan fingerprint density at radius 3 is 2.88 bits per heavy atom. The molecule has 0 radical (unpaired) electrons. The van der Waals surface area contributed by atoms with E-state index in [4.69, 9.17) is 14.5 Å². The predicted octanol–water partition coefficient (Wildman–Crippen LogP) is 2.59. The lowest BCUT2D eigenvalue weighted by Crippen LogP contribution is -2.39. The van der Waals surface area contributed by atoms with Crippen LogP contribution in [0.15, 0.2) is 48.5 Å². The number of anilines is 1. The minimum absolute atomic E-state index is 0.193. The van der Waals surface area contributed by atoms with Gasteiger partial charge in [-0.1, -0.05) is 24.3 Å². The maximum atomic E-state index is 12.3. The summed E-state index contributed by atoms with van der Waals surface area (Å²) in [5.74, 6) is 0.663. The minimum Gasteiger partial charge on any atom is -0.376 e. The zero-order chi connectivity index (χ0) is 17.2. The van der Waals surface area contributed by atoms with Crippen molar-refractivity contribution < 1.29 is 14.3 Å². The van der Waals surface area contributed by atoms with Gasteiger partial charge in [0.2, 0.25) is 0 Å². The Bertz CT molecular complexity index is 913. The number of aryl methyl sites for hydroxylation is 1. The van der Waals surface area contributed by atoms with E-state index < -0.39 is 6.10 Å². The van der Waals surface area contributed by atoms with E-state index in [1.165, 1.54) is 0 Å². The molecule has 25 heavy (non-hydrogen) atoms. The second-order valence-corrected chi connectivity index (χ2v) is 5.99. The van der Waals surface area contributed by atoms with E-state index in [0.717, 1.165) is 22.4 Å². The van der Waals surface area contributed by atoms with E-state index in [9.17, 15) is 4.79 Å². The summed E-state index contributed by atoms with van der Waals surface area (Å²) in [6.07, 6.45) is -0.562. The quantitative estimate of drug-likeness (QED) is 0.798. The molecule has 6 nitrogen and oxygen atoms in total. The molecule has 2 heterocycles. The molecule has 3 aromatic rings. The van der Waals surface area contributed by atoms with Crippen LogP contribution in [0.3, 0.4) is 0 Å². The van der Waals surface area contributed by atoms with E-state index >= 15 is 0 Å². The molecule has 1 N–H and O–H groups in total. The van der Waals surface area contributed by atoms with Crippen LogP contribution in [0.4, 0.5) is 5.69 Å².